The van der Waals surface area contributed by atoms with E-state index in [1.807, 2.05) is 0 Å². The molecule has 0 fully saturated rings. The van der Waals surface area contributed by atoms with Gasteiger partial charge in [0.1, 0.15) is 18.2 Å². The topological polar surface area (TPSA) is 87.0 Å². The monoisotopic (exact) mass is 434 g/mol. The molecular formula is C20H16F2N2O5S. The Hall–Kier alpha value is -3.40. The van der Waals surface area contributed by atoms with E-state index in [-0.39, 0.29) is 18.0 Å². The smallest absolute Gasteiger partial charge is 0.338 e. The minimum Gasteiger partial charge on any atom is -0.468 e. The Balaban J connectivity index is 2.14. The Morgan fingerprint density at radius 1 is 1.13 bits per heavy atom. The Morgan fingerprint density at radius 2 is 1.90 bits per heavy atom. The summed E-state index contributed by atoms with van der Waals surface area (Å²) in [5.41, 5.74) is 0.397. The maximum Gasteiger partial charge on any atom is 0.338 e. The van der Waals surface area contributed by atoms with Crippen molar-refractivity contribution in [3.63, 3.8) is 0 Å². The first-order valence-corrected chi connectivity index (χ1v) is 9.57. The predicted molar refractivity (Wildman–Crippen MR) is 104 cm³/mol. The molecule has 1 aromatic heterocycles. The van der Waals surface area contributed by atoms with Gasteiger partial charge in [0, 0.05) is 6.07 Å². The zero-order valence-electron chi connectivity index (χ0n) is 16.0. The number of hydrogen-bond acceptors (Lipinski definition) is 6. The molecule has 0 bridgehead atoms. The average Bonchev–Trinajstić information content (AvgIpc) is 3.04. The lowest BCUT2D eigenvalue weighted by Gasteiger charge is -2.05. The van der Waals surface area contributed by atoms with Crippen molar-refractivity contribution >= 4 is 39.4 Å². The lowest BCUT2D eigenvalue weighted by atomic mass is 10.2. The number of benzene rings is 2. The lowest BCUT2D eigenvalue weighted by Crippen LogP contribution is -2.22. The van der Waals surface area contributed by atoms with Gasteiger partial charge in [0.05, 0.1) is 35.1 Å². The number of nitrogens with zero attached hydrogens (tertiary/aromatic N) is 2. The number of thiazole rings is 1. The van der Waals surface area contributed by atoms with Crippen LogP contribution in [0.3, 0.4) is 0 Å². The molecule has 3 rings (SSSR count). The van der Waals surface area contributed by atoms with Crippen molar-refractivity contribution in [3.8, 4) is 0 Å². The molecule has 3 aromatic rings. The molecule has 0 radical (unpaired) electrons. The van der Waals surface area contributed by atoms with Gasteiger partial charge in [-0.05, 0) is 37.3 Å². The van der Waals surface area contributed by atoms with Crippen molar-refractivity contribution < 1.29 is 32.6 Å². The number of amides is 1. The maximum absolute atomic E-state index is 13.9. The molecule has 0 aliphatic carbocycles. The van der Waals surface area contributed by atoms with Gasteiger partial charge in [-0.3, -0.25) is 9.59 Å². The van der Waals surface area contributed by atoms with Crippen molar-refractivity contribution in [2.24, 2.45) is 4.99 Å². The Labute approximate surface area is 173 Å². The molecule has 0 aliphatic rings. The van der Waals surface area contributed by atoms with E-state index in [9.17, 15) is 23.2 Å². The molecule has 1 heterocycles. The largest absolute Gasteiger partial charge is 0.468 e. The molecule has 0 unspecified atom stereocenters. The van der Waals surface area contributed by atoms with E-state index in [1.54, 1.807) is 19.1 Å². The van der Waals surface area contributed by atoms with E-state index in [4.69, 9.17) is 4.74 Å². The summed E-state index contributed by atoms with van der Waals surface area (Å²) in [4.78, 5) is 40.3. The zero-order chi connectivity index (χ0) is 21.8. The predicted octanol–water partition coefficient (Wildman–Crippen LogP) is 3.07. The zero-order valence-corrected chi connectivity index (χ0v) is 16.8. The van der Waals surface area contributed by atoms with Crippen LogP contribution in [0, 0.1) is 11.6 Å². The Morgan fingerprint density at radius 3 is 2.57 bits per heavy atom. The van der Waals surface area contributed by atoms with Crippen LogP contribution in [0.5, 0.6) is 0 Å². The van der Waals surface area contributed by atoms with Gasteiger partial charge in [-0.25, -0.2) is 13.6 Å². The van der Waals surface area contributed by atoms with Crippen molar-refractivity contribution in [2.45, 2.75) is 13.5 Å². The van der Waals surface area contributed by atoms with E-state index in [0.717, 1.165) is 23.5 Å². The number of methoxy groups -OCH3 is 1. The number of aromatic nitrogens is 1. The van der Waals surface area contributed by atoms with Crippen molar-refractivity contribution in [1.29, 1.82) is 0 Å². The molecule has 1 amide bonds. The molecule has 0 N–H and O–H groups in total. The van der Waals surface area contributed by atoms with E-state index >= 15 is 0 Å². The van der Waals surface area contributed by atoms with Crippen LogP contribution in [0.15, 0.2) is 41.4 Å². The van der Waals surface area contributed by atoms with Gasteiger partial charge in [-0.15, -0.1) is 0 Å². The van der Waals surface area contributed by atoms with Crippen LogP contribution in [-0.2, 0) is 20.8 Å². The lowest BCUT2D eigenvalue weighted by molar-refractivity contribution is -0.141. The van der Waals surface area contributed by atoms with Crippen molar-refractivity contribution in [1.82, 2.24) is 4.57 Å². The Bertz CT molecular complexity index is 1220. The molecule has 0 aliphatic heterocycles. The summed E-state index contributed by atoms with van der Waals surface area (Å²) in [6.07, 6.45) is 0. The highest BCUT2D eigenvalue weighted by molar-refractivity contribution is 7.16. The fourth-order valence-electron chi connectivity index (χ4n) is 2.66. The average molecular weight is 434 g/mol. The van der Waals surface area contributed by atoms with Crippen LogP contribution >= 0.6 is 11.3 Å². The van der Waals surface area contributed by atoms with Crippen molar-refractivity contribution in [3.05, 3.63) is 64.0 Å². The molecule has 10 heteroatoms. The van der Waals surface area contributed by atoms with Crippen LogP contribution in [-0.4, -0.2) is 36.1 Å². The van der Waals surface area contributed by atoms with Gasteiger partial charge >= 0.3 is 11.9 Å². The number of esters is 2. The maximum atomic E-state index is 13.9. The summed E-state index contributed by atoms with van der Waals surface area (Å²) in [6, 6.07) is 7.18. The van der Waals surface area contributed by atoms with Crippen LogP contribution in [0.4, 0.5) is 8.78 Å². The van der Waals surface area contributed by atoms with Gasteiger partial charge < -0.3 is 14.0 Å². The highest BCUT2D eigenvalue weighted by Gasteiger charge is 2.16. The fourth-order valence-corrected chi connectivity index (χ4v) is 3.72. The van der Waals surface area contributed by atoms with E-state index < -0.39 is 35.0 Å². The van der Waals surface area contributed by atoms with Crippen LogP contribution in [0.25, 0.3) is 10.2 Å². The second-order valence-corrected chi connectivity index (χ2v) is 7.00. The summed E-state index contributed by atoms with van der Waals surface area (Å²) in [6.45, 7) is 1.64. The van der Waals surface area contributed by atoms with Gasteiger partial charge in [-0.1, -0.05) is 11.3 Å². The summed E-state index contributed by atoms with van der Waals surface area (Å²) in [7, 11) is 1.21. The molecule has 0 saturated heterocycles. The van der Waals surface area contributed by atoms with Gasteiger partial charge in [-0.2, -0.15) is 4.99 Å². The molecule has 30 heavy (non-hydrogen) atoms. The molecule has 156 valence electrons. The Kier molecular flexibility index (Phi) is 6.36. The molecule has 0 atom stereocenters. The second-order valence-electron chi connectivity index (χ2n) is 5.99. The summed E-state index contributed by atoms with van der Waals surface area (Å²) in [5.74, 6) is -3.92. The number of halogens is 2. The van der Waals surface area contributed by atoms with Crippen molar-refractivity contribution in [2.75, 3.05) is 13.7 Å². The van der Waals surface area contributed by atoms with Crippen LogP contribution < -0.4 is 4.80 Å². The molecule has 7 nitrogen and oxygen atoms in total. The van der Waals surface area contributed by atoms with Gasteiger partial charge in [0.25, 0.3) is 5.91 Å². The molecule has 0 spiro atoms. The third-order valence-electron chi connectivity index (χ3n) is 4.07. The first-order chi connectivity index (χ1) is 14.3. The first-order valence-electron chi connectivity index (χ1n) is 8.75. The van der Waals surface area contributed by atoms with Crippen LogP contribution in [0.2, 0.25) is 0 Å². The highest BCUT2D eigenvalue weighted by Crippen LogP contribution is 2.20. The number of ether oxygens (including phenoxy) is 2. The van der Waals surface area contributed by atoms with Gasteiger partial charge in [0.2, 0.25) is 0 Å². The standard InChI is InChI=1S/C20H16F2N2O5S/c1-3-29-19(27)11-4-7-15-16(8-11)30-20(24(15)10-17(25)28-2)23-18(26)13-6-5-12(21)9-14(13)22/h4-9H,3,10H2,1-2H3. The first kappa shape index (κ1) is 21.3. The number of rotatable bonds is 5. The third-order valence-corrected chi connectivity index (χ3v) is 5.11. The van der Waals surface area contributed by atoms with E-state index in [1.165, 1.54) is 17.7 Å². The third kappa shape index (κ3) is 4.43. The summed E-state index contributed by atoms with van der Waals surface area (Å²) < 4.78 is 38.7. The van der Waals surface area contributed by atoms with E-state index in [0.29, 0.717) is 21.8 Å². The quantitative estimate of drug-likeness (QED) is 0.576. The summed E-state index contributed by atoms with van der Waals surface area (Å²) >= 11 is 1.02. The SMILES string of the molecule is CCOC(=O)c1ccc2c(c1)sc(=NC(=O)c1ccc(F)cc1F)n2CC(=O)OC. The molecule has 0 saturated carbocycles. The summed E-state index contributed by atoms with van der Waals surface area (Å²) in [5, 5.41) is 0. The number of carbonyl (C=O) groups excluding carboxylic acids is 3. The minimum atomic E-state index is -1.05. The molecular weight excluding hydrogens is 418 g/mol. The number of carbonyl (C=O) groups is 3. The number of fused-ring (bicyclic) bond motifs is 1. The normalized spacial score (nSPS) is 11.5. The fraction of sp³-hybridized carbons (Fsp3) is 0.200. The van der Waals surface area contributed by atoms with Crippen LogP contribution in [0.1, 0.15) is 27.6 Å². The molecule has 2 aromatic carbocycles. The van der Waals surface area contributed by atoms with E-state index in [2.05, 4.69) is 9.73 Å². The van der Waals surface area contributed by atoms with Gasteiger partial charge in [0.15, 0.2) is 4.80 Å². The number of hydrogen-bond donors (Lipinski definition) is 0. The highest BCUT2D eigenvalue weighted by atomic mass is 32.1. The second kappa shape index (κ2) is 8.95. The minimum absolute atomic E-state index is 0.0881.